The van der Waals surface area contributed by atoms with Gasteiger partial charge in [0.1, 0.15) is 17.5 Å². The average Bonchev–Trinajstić information content (AvgIpc) is 3.10. The molecule has 0 aliphatic heterocycles. The number of aromatic amines is 1. The van der Waals surface area contributed by atoms with E-state index in [2.05, 4.69) is 15.3 Å². The fourth-order valence-electron chi connectivity index (χ4n) is 3.61. The molecule has 0 saturated heterocycles. The predicted octanol–water partition coefficient (Wildman–Crippen LogP) is 5.20. The van der Waals surface area contributed by atoms with Gasteiger partial charge in [-0.1, -0.05) is 6.07 Å². The number of rotatable bonds is 6. The second kappa shape index (κ2) is 8.63. The summed E-state index contributed by atoms with van der Waals surface area (Å²) in [7, 11) is 0. The van der Waals surface area contributed by atoms with Crippen LogP contribution in [-0.4, -0.2) is 15.9 Å². The van der Waals surface area contributed by atoms with Crippen LogP contribution in [0.1, 0.15) is 23.4 Å². The summed E-state index contributed by atoms with van der Waals surface area (Å²) >= 11 is 0. The number of carbonyl (C=O) groups excluding carboxylic acids is 1. The Morgan fingerprint density at radius 1 is 1.03 bits per heavy atom. The molecule has 0 saturated carbocycles. The highest BCUT2D eigenvalue weighted by atomic mass is 19.1. The molecular formula is C24H20F3N3O. The Bertz CT molecular complexity index is 1250. The number of carbonyl (C=O) groups is 1. The maximum atomic E-state index is 14.3. The quantitative estimate of drug-likeness (QED) is 0.448. The van der Waals surface area contributed by atoms with E-state index in [9.17, 15) is 18.0 Å². The molecule has 0 aliphatic rings. The van der Waals surface area contributed by atoms with E-state index in [0.717, 1.165) is 17.5 Å². The SMILES string of the molecule is Cc1cccc(CNC(=O)CCc2c(-c3ccc(F)cc3)[nH]c3c(F)cc(F)cc23)n1. The van der Waals surface area contributed by atoms with Gasteiger partial charge in [0, 0.05) is 29.3 Å². The highest BCUT2D eigenvalue weighted by molar-refractivity contribution is 5.92. The van der Waals surface area contributed by atoms with Crippen LogP contribution in [0.4, 0.5) is 13.2 Å². The molecule has 1 amide bonds. The van der Waals surface area contributed by atoms with Crippen molar-refractivity contribution in [3.8, 4) is 11.3 Å². The summed E-state index contributed by atoms with van der Waals surface area (Å²) in [4.78, 5) is 19.7. The van der Waals surface area contributed by atoms with E-state index < -0.39 is 17.5 Å². The maximum absolute atomic E-state index is 14.3. The molecule has 2 N–H and O–H groups in total. The Balaban J connectivity index is 1.58. The van der Waals surface area contributed by atoms with E-state index in [-0.39, 0.29) is 24.3 Å². The molecule has 2 aromatic heterocycles. The first-order chi connectivity index (χ1) is 14.9. The van der Waals surface area contributed by atoms with Crippen LogP contribution < -0.4 is 5.32 Å². The van der Waals surface area contributed by atoms with Crippen LogP contribution in [-0.2, 0) is 17.8 Å². The number of halogens is 3. The third-order valence-corrected chi connectivity index (χ3v) is 5.08. The number of aryl methyl sites for hydroxylation is 2. The van der Waals surface area contributed by atoms with Crippen LogP contribution >= 0.6 is 0 Å². The van der Waals surface area contributed by atoms with E-state index in [4.69, 9.17) is 0 Å². The lowest BCUT2D eigenvalue weighted by Gasteiger charge is -2.08. The summed E-state index contributed by atoms with van der Waals surface area (Å²) in [6, 6.07) is 13.3. The van der Waals surface area contributed by atoms with Crippen molar-refractivity contribution in [1.82, 2.24) is 15.3 Å². The number of nitrogens with zero attached hydrogens (tertiary/aromatic N) is 1. The molecule has 31 heavy (non-hydrogen) atoms. The van der Waals surface area contributed by atoms with Crippen molar-refractivity contribution in [2.24, 2.45) is 0 Å². The number of amides is 1. The first kappa shape index (κ1) is 20.7. The maximum Gasteiger partial charge on any atom is 0.220 e. The fraction of sp³-hybridized carbons (Fsp3) is 0.167. The lowest BCUT2D eigenvalue weighted by atomic mass is 10.0. The second-order valence-corrected chi connectivity index (χ2v) is 7.34. The highest BCUT2D eigenvalue weighted by Gasteiger charge is 2.18. The minimum atomic E-state index is -0.723. The topological polar surface area (TPSA) is 57.8 Å². The number of pyridine rings is 1. The van der Waals surface area contributed by atoms with Crippen LogP contribution in [0.25, 0.3) is 22.2 Å². The van der Waals surface area contributed by atoms with Crippen molar-refractivity contribution in [3.05, 3.63) is 89.0 Å². The van der Waals surface area contributed by atoms with Crippen LogP contribution in [0.15, 0.2) is 54.6 Å². The van der Waals surface area contributed by atoms with Gasteiger partial charge in [-0.2, -0.15) is 0 Å². The van der Waals surface area contributed by atoms with E-state index in [1.165, 1.54) is 18.2 Å². The van der Waals surface area contributed by atoms with Crippen molar-refractivity contribution in [3.63, 3.8) is 0 Å². The molecule has 0 spiro atoms. The first-order valence-corrected chi connectivity index (χ1v) is 9.85. The van der Waals surface area contributed by atoms with Gasteiger partial charge in [-0.25, -0.2) is 13.2 Å². The summed E-state index contributed by atoms with van der Waals surface area (Å²) in [5.41, 5.74) is 3.52. The molecule has 0 unspecified atom stereocenters. The third kappa shape index (κ3) is 4.60. The Morgan fingerprint density at radius 2 is 1.81 bits per heavy atom. The molecule has 0 aliphatic carbocycles. The number of fused-ring (bicyclic) bond motifs is 1. The number of hydrogen-bond acceptors (Lipinski definition) is 2. The predicted molar refractivity (Wildman–Crippen MR) is 113 cm³/mol. The van der Waals surface area contributed by atoms with Crippen molar-refractivity contribution in [1.29, 1.82) is 0 Å². The van der Waals surface area contributed by atoms with Crippen molar-refractivity contribution >= 4 is 16.8 Å². The van der Waals surface area contributed by atoms with E-state index >= 15 is 0 Å². The van der Waals surface area contributed by atoms with Gasteiger partial charge in [0.25, 0.3) is 0 Å². The summed E-state index contributed by atoms with van der Waals surface area (Å²) in [6.45, 7) is 2.17. The molecule has 7 heteroatoms. The number of nitrogens with one attached hydrogen (secondary N) is 2. The van der Waals surface area contributed by atoms with Gasteiger partial charge in [0.2, 0.25) is 5.91 Å². The molecular weight excluding hydrogens is 403 g/mol. The van der Waals surface area contributed by atoms with Crippen molar-refractivity contribution in [2.75, 3.05) is 0 Å². The summed E-state index contributed by atoms with van der Waals surface area (Å²) < 4.78 is 41.6. The van der Waals surface area contributed by atoms with E-state index in [1.807, 2.05) is 25.1 Å². The molecule has 0 radical (unpaired) electrons. The molecule has 4 aromatic rings. The Kier molecular flexibility index (Phi) is 5.75. The zero-order chi connectivity index (χ0) is 22.0. The molecule has 2 aromatic carbocycles. The minimum Gasteiger partial charge on any atom is -0.352 e. The lowest BCUT2D eigenvalue weighted by molar-refractivity contribution is -0.121. The largest absolute Gasteiger partial charge is 0.352 e. The van der Waals surface area contributed by atoms with E-state index in [1.54, 1.807) is 12.1 Å². The number of aromatic nitrogens is 2. The van der Waals surface area contributed by atoms with Crippen molar-refractivity contribution < 1.29 is 18.0 Å². The van der Waals surface area contributed by atoms with Gasteiger partial charge < -0.3 is 10.3 Å². The van der Waals surface area contributed by atoms with Crippen LogP contribution in [0, 0.1) is 24.4 Å². The monoisotopic (exact) mass is 423 g/mol. The van der Waals surface area contributed by atoms with Crippen molar-refractivity contribution in [2.45, 2.75) is 26.3 Å². The van der Waals surface area contributed by atoms with E-state index in [0.29, 0.717) is 28.8 Å². The molecule has 2 heterocycles. The van der Waals surface area contributed by atoms with Gasteiger partial charge in [-0.3, -0.25) is 9.78 Å². The summed E-state index contributed by atoms with van der Waals surface area (Å²) in [5, 5.41) is 3.18. The summed E-state index contributed by atoms with van der Waals surface area (Å²) in [6.07, 6.45) is 0.369. The zero-order valence-corrected chi connectivity index (χ0v) is 16.8. The number of hydrogen-bond donors (Lipinski definition) is 2. The first-order valence-electron chi connectivity index (χ1n) is 9.85. The fourth-order valence-corrected chi connectivity index (χ4v) is 3.61. The van der Waals surface area contributed by atoms with Gasteiger partial charge in [-0.15, -0.1) is 0 Å². The van der Waals surface area contributed by atoms with Gasteiger partial charge >= 0.3 is 0 Å². The standard InChI is InChI=1S/C24H20F3N3O/c1-14-3-2-4-18(29-14)13-28-22(31)10-9-19-20-11-17(26)12-21(27)24(20)30-23(19)15-5-7-16(25)8-6-15/h2-8,11-12,30H,9-10,13H2,1H3,(H,28,31). The average molecular weight is 423 g/mol. The van der Waals surface area contributed by atoms with Crippen LogP contribution in [0.3, 0.4) is 0 Å². The van der Waals surface area contributed by atoms with Crippen LogP contribution in [0.5, 0.6) is 0 Å². The minimum absolute atomic E-state index is 0.116. The Hall–Kier alpha value is -3.61. The molecule has 4 rings (SSSR count). The number of benzene rings is 2. The lowest BCUT2D eigenvalue weighted by Crippen LogP contribution is -2.23. The van der Waals surface area contributed by atoms with Gasteiger partial charge in [0.15, 0.2) is 0 Å². The Labute approximate surface area is 177 Å². The highest BCUT2D eigenvalue weighted by Crippen LogP contribution is 2.33. The normalized spacial score (nSPS) is 11.1. The zero-order valence-electron chi connectivity index (χ0n) is 16.8. The molecule has 0 bridgehead atoms. The third-order valence-electron chi connectivity index (χ3n) is 5.08. The van der Waals surface area contributed by atoms with Gasteiger partial charge in [-0.05, 0) is 66.9 Å². The Morgan fingerprint density at radius 3 is 2.55 bits per heavy atom. The number of H-pyrrole nitrogens is 1. The second-order valence-electron chi connectivity index (χ2n) is 7.34. The smallest absolute Gasteiger partial charge is 0.220 e. The molecule has 158 valence electrons. The van der Waals surface area contributed by atoms with Gasteiger partial charge in [0.05, 0.1) is 17.8 Å². The molecule has 0 fully saturated rings. The van der Waals surface area contributed by atoms with Crippen LogP contribution in [0.2, 0.25) is 0 Å². The molecule has 4 nitrogen and oxygen atoms in total. The molecule has 0 atom stereocenters. The summed E-state index contributed by atoms with van der Waals surface area (Å²) in [5.74, 6) is -2.03.